The summed E-state index contributed by atoms with van der Waals surface area (Å²) >= 11 is 1.34. The normalized spacial score (nSPS) is 12.2. The number of methoxy groups -OCH3 is 1. The van der Waals surface area contributed by atoms with Crippen LogP contribution in [0.2, 0.25) is 0 Å². The molecule has 5 nitrogen and oxygen atoms in total. The molecule has 142 valence electrons. The van der Waals surface area contributed by atoms with Gasteiger partial charge in [-0.1, -0.05) is 18.2 Å². The van der Waals surface area contributed by atoms with Crippen molar-refractivity contribution in [3.8, 4) is 16.2 Å². The van der Waals surface area contributed by atoms with E-state index < -0.39 is 11.9 Å². The highest BCUT2D eigenvalue weighted by molar-refractivity contribution is 7.22. The number of ether oxygens (including phenoxy) is 1. The zero-order chi connectivity index (χ0) is 19.7. The SMILES string of the molecule is COc1ccc(-c2cc3ncn(CC(O)c4ccccc4F)c(=O)c3s2)cc1. The van der Waals surface area contributed by atoms with Crippen LogP contribution in [0, 0.1) is 5.82 Å². The maximum absolute atomic E-state index is 13.9. The number of halogens is 1. The third-order valence-corrected chi connectivity index (χ3v) is 5.67. The first-order chi connectivity index (χ1) is 13.6. The van der Waals surface area contributed by atoms with Crippen molar-refractivity contribution in [2.45, 2.75) is 12.6 Å². The fourth-order valence-electron chi connectivity index (χ4n) is 3.00. The molecule has 0 bridgehead atoms. The van der Waals surface area contributed by atoms with Crippen molar-refractivity contribution in [2.75, 3.05) is 7.11 Å². The lowest BCUT2D eigenvalue weighted by atomic mass is 10.1. The van der Waals surface area contributed by atoms with Crippen LogP contribution in [-0.2, 0) is 6.54 Å². The molecule has 0 aliphatic rings. The molecular formula is C21H17FN2O3S. The monoisotopic (exact) mass is 396 g/mol. The van der Waals surface area contributed by atoms with Gasteiger partial charge in [0.05, 0.1) is 31.6 Å². The number of fused-ring (bicyclic) bond motifs is 1. The molecule has 0 aliphatic carbocycles. The predicted octanol–water partition coefficient (Wildman–Crippen LogP) is 4.01. The van der Waals surface area contributed by atoms with E-state index in [-0.39, 0.29) is 17.7 Å². The molecule has 0 radical (unpaired) electrons. The third-order valence-electron chi connectivity index (χ3n) is 4.51. The molecule has 4 aromatic rings. The van der Waals surface area contributed by atoms with Gasteiger partial charge < -0.3 is 9.84 Å². The van der Waals surface area contributed by atoms with Crippen LogP contribution < -0.4 is 10.3 Å². The third kappa shape index (κ3) is 3.42. The van der Waals surface area contributed by atoms with E-state index in [4.69, 9.17) is 4.74 Å². The van der Waals surface area contributed by atoms with Gasteiger partial charge in [-0.15, -0.1) is 11.3 Å². The van der Waals surface area contributed by atoms with Gasteiger partial charge in [0.1, 0.15) is 16.3 Å². The minimum absolute atomic E-state index is 0.0710. The fourth-order valence-corrected chi connectivity index (χ4v) is 4.07. The van der Waals surface area contributed by atoms with Gasteiger partial charge >= 0.3 is 0 Å². The summed E-state index contributed by atoms with van der Waals surface area (Å²) in [5, 5.41) is 10.3. The Labute approximate surface area is 164 Å². The van der Waals surface area contributed by atoms with Crippen LogP contribution in [0.4, 0.5) is 4.39 Å². The zero-order valence-electron chi connectivity index (χ0n) is 15.0. The molecule has 1 unspecified atom stereocenters. The predicted molar refractivity (Wildman–Crippen MR) is 107 cm³/mol. The maximum atomic E-state index is 13.9. The number of hydrogen-bond acceptors (Lipinski definition) is 5. The summed E-state index contributed by atoms with van der Waals surface area (Å²) in [7, 11) is 1.61. The summed E-state index contributed by atoms with van der Waals surface area (Å²) in [4.78, 5) is 18.1. The van der Waals surface area contributed by atoms with Gasteiger partial charge in [0.15, 0.2) is 0 Å². The summed E-state index contributed by atoms with van der Waals surface area (Å²) in [6.07, 6.45) is 0.248. The molecule has 1 N–H and O–H groups in total. The molecule has 2 aromatic heterocycles. The summed E-state index contributed by atoms with van der Waals surface area (Å²) in [6, 6.07) is 15.4. The van der Waals surface area contributed by atoms with Crippen LogP contribution >= 0.6 is 11.3 Å². The van der Waals surface area contributed by atoms with E-state index in [9.17, 15) is 14.3 Å². The standard InChI is InChI=1S/C21H17FN2O3S/c1-27-14-8-6-13(7-9-14)19-10-17-20(28-19)21(26)24(12-23-17)11-18(25)15-4-2-3-5-16(15)22/h2-10,12,18,25H,11H2,1H3. The summed E-state index contributed by atoms with van der Waals surface area (Å²) in [5.74, 6) is 0.252. The van der Waals surface area contributed by atoms with Crippen molar-refractivity contribution >= 4 is 21.6 Å². The van der Waals surface area contributed by atoms with Crippen LogP contribution in [0.15, 0.2) is 65.7 Å². The molecule has 7 heteroatoms. The first-order valence-corrected chi connectivity index (χ1v) is 9.44. The second-order valence-electron chi connectivity index (χ2n) is 6.29. The Morgan fingerprint density at radius 3 is 2.68 bits per heavy atom. The molecule has 2 aromatic carbocycles. The van der Waals surface area contributed by atoms with Crippen molar-refractivity contribution in [1.82, 2.24) is 9.55 Å². The van der Waals surface area contributed by atoms with Gasteiger partial charge in [-0.05, 0) is 42.0 Å². The lowest BCUT2D eigenvalue weighted by molar-refractivity contribution is 0.150. The molecule has 0 amide bonds. The Morgan fingerprint density at radius 2 is 1.96 bits per heavy atom. The van der Waals surface area contributed by atoms with E-state index in [1.54, 1.807) is 19.2 Å². The largest absolute Gasteiger partial charge is 0.497 e. The molecule has 28 heavy (non-hydrogen) atoms. The topological polar surface area (TPSA) is 64.3 Å². The minimum Gasteiger partial charge on any atom is -0.497 e. The van der Waals surface area contributed by atoms with Crippen LogP contribution in [0.25, 0.3) is 20.7 Å². The Kier molecular flexibility index (Phi) is 4.93. The first-order valence-electron chi connectivity index (χ1n) is 8.62. The molecule has 0 aliphatic heterocycles. The maximum Gasteiger partial charge on any atom is 0.271 e. The number of nitrogens with zero attached hydrogens (tertiary/aromatic N) is 2. The average molecular weight is 396 g/mol. The number of hydrogen-bond donors (Lipinski definition) is 1. The second kappa shape index (κ2) is 7.53. The first kappa shape index (κ1) is 18.3. The average Bonchev–Trinajstić information content (AvgIpc) is 3.15. The number of aliphatic hydroxyl groups is 1. The van der Waals surface area contributed by atoms with Gasteiger partial charge in [-0.25, -0.2) is 9.37 Å². The molecule has 0 spiro atoms. The van der Waals surface area contributed by atoms with Crippen molar-refractivity contribution in [3.63, 3.8) is 0 Å². The van der Waals surface area contributed by atoms with Crippen molar-refractivity contribution in [3.05, 3.63) is 82.7 Å². The smallest absolute Gasteiger partial charge is 0.271 e. The Bertz CT molecular complexity index is 1180. The molecule has 0 fully saturated rings. The van der Waals surface area contributed by atoms with E-state index in [2.05, 4.69) is 4.98 Å². The Hall–Kier alpha value is -3.03. The second-order valence-corrected chi connectivity index (χ2v) is 7.35. The van der Waals surface area contributed by atoms with E-state index in [1.807, 2.05) is 30.3 Å². The van der Waals surface area contributed by atoms with E-state index >= 15 is 0 Å². The van der Waals surface area contributed by atoms with Crippen LogP contribution in [0.5, 0.6) is 5.75 Å². The van der Waals surface area contributed by atoms with Gasteiger partial charge in [0, 0.05) is 10.4 Å². The molecule has 4 rings (SSSR count). The van der Waals surface area contributed by atoms with Gasteiger partial charge in [0.2, 0.25) is 0 Å². The molecule has 0 saturated carbocycles. The summed E-state index contributed by atoms with van der Waals surface area (Å²) in [5.41, 5.74) is 1.45. The van der Waals surface area contributed by atoms with Crippen LogP contribution in [0.3, 0.4) is 0 Å². The number of thiophene rings is 1. The zero-order valence-corrected chi connectivity index (χ0v) is 15.8. The van der Waals surface area contributed by atoms with Gasteiger partial charge in [-0.2, -0.15) is 0 Å². The molecule has 1 atom stereocenters. The number of aliphatic hydroxyl groups excluding tert-OH is 1. The van der Waals surface area contributed by atoms with Gasteiger partial charge in [-0.3, -0.25) is 9.36 Å². The summed E-state index contributed by atoms with van der Waals surface area (Å²) < 4.78 is 20.8. The molecular weight excluding hydrogens is 379 g/mol. The number of rotatable bonds is 5. The molecule has 2 heterocycles. The number of benzene rings is 2. The van der Waals surface area contributed by atoms with Crippen molar-refractivity contribution in [1.29, 1.82) is 0 Å². The minimum atomic E-state index is -1.14. The molecule has 0 saturated heterocycles. The van der Waals surface area contributed by atoms with E-state index in [1.165, 1.54) is 34.4 Å². The highest BCUT2D eigenvalue weighted by Crippen LogP contribution is 2.31. The van der Waals surface area contributed by atoms with Crippen molar-refractivity contribution in [2.24, 2.45) is 0 Å². The van der Waals surface area contributed by atoms with E-state index in [0.29, 0.717) is 10.2 Å². The van der Waals surface area contributed by atoms with Crippen molar-refractivity contribution < 1.29 is 14.2 Å². The summed E-state index contributed by atoms with van der Waals surface area (Å²) in [6.45, 7) is -0.0710. The highest BCUT2D eigenvalue weighted by Gasteiger charge is 2.16. The Morgan fingerprint density at radius 1 is 1.21 bits per heavy atom. The quantitative estimate of drug-likeness (QED) is 0.554. The highest BCUT2D eigenvalue weighted by atomic mass is 32.1. The van der Waals surface area contributed by atoms with Crippen LogP contribution in [0.1, 0.15) is 11.7 Å². The Balaban J connectivity index is 1.67. The van der Waals surface area contributed by atoms with E-state index in [0.717, 1.165) is 16.2 Å². The van der Waals surface area contributed by atoms with Crippen LogP contribution in [-0.4, -0.2) is 21.8 Å². The lowest BCUT2D eigenvalue weighted by Gasteiger charge is -2.13. The lowest BCUT2D eigenvalue weighted by Crippen LogP contribution is -2.23. The fraction of sp³-hybridized carbons (Fsp3) is 0.143. The number of aromatic nitrogens is 2. The van der Waals surface area contributed by atoms with Gasteiger partial charge in [0.25, 0.3) is 5.56 Å².